The van der Waals surface area contributed by atoms with Crippen LogP contribution < -0.4 is 10.2 Å². The highest BCUT2D eigenvalue weighted by Gasteiger charge is 2.20. The molecular formula is C21H29N3. The highest BCUT2D eigenvalue weighted by atomic mass is 15.2. The van der Waals surface area contributed by atoms with E-state index in [9.17, 15) is 0 Å². The lowest BCUT2D eigenvalue weighted by Crippen LogP contribution is -2.46. The fourth-order valence-corrected chi connectivity index (χ4v) is 3.40. The van der Waals surface area contributed by atoms with Crippen LogP contribution in [0.5, 0.6) is 0 Å². The molecule has 1 fully saturated rings. The van der Waals surface area contributed by atoms with Crippen molar-refractivity contribution in [3.63, 3.8) is 0 Å². The van der Waals surface area contributed by atoms with Gasteiger partial charge >= 0.3 is 0 Å². The summed E-state index contributed by atoms with van der Waals surface area (Å²) in [6, 6.07) is 17.4. The maximum Gasteiger partial charge on any atom is 0.129 e. The van der Waals surface area contributed by atoms with Crippen LogP contribution in [0.4, 0.5) is 5.82 Å². The molecule has 0 radical (unpaired) electrons. The molecule has 3 heteroatoms. The van der Waals surface area contributed by atoms with Crippen LogP contribution in [0.2, 0.25) is 0 Å². The Morgan fingerprint density at radius 2 is 1.96 bits per heavy atom. The largest absolute Gasteiger partial charge is 0.355 e. The zero-order chi connectivity index (χ0) is 16.6. The van der Waals surface area contributed by atoms with Crippen molar-refractivity contribution in [3.8, 4) is 11.3 Å². The van der Waals surface area contributed by atoms with Crippen LogP contribution in [0.25, 0.3) is 11.3 Å². The van der Waals surface area contributed by atoms with Crippen molar-refractivity contribution in [2.45, 2.75) is 45.1 Å². The summed E-state index contributed by atoms with van der Waals surface area (Å²) in [6.45, 7) is 5.58. The zero-order valence-corrected chi connectivity index (χ0v) is 14.7. The second-order valence-electron chi connectivity index (χ2n) is 6.69. The summed E-state index contributed by atoms with van der Waals surface area (Å²) < 4.78 is 0. The second-order valence-corrected chi connectivity index (χ2v) is 6.69. The van der Waals surface area contributed by atoms with Crippen molar-refractivity contribution in [1.82, 2.24) is 10.3 Å². The summed E-state index contributed by atoms with van der Waals surface area (Å²) in [5.41, 5.74) is 2.25. The van der Waals surface area contributed by atoms with Crippen LogP contribution in [0, 0.1) is 0 Å². The van der Waals surface area contributed by atoms with Crippen molar-refractivity contribution in [2.24, 2.45) is 0 Å². The zero-order valence-electron chi connectivity index (χ0n) is 14.7. The van der Waals surface area contributed by atoms with Crippen LogP contribution in [0.1, 0.15) is 39.0 Å². The molecule has 0 aliphatic carbocycles. The lowest BCUT2D eigenvalue weighted by molar-refractivity contribution is 0.416. The summed E-state index contributed by atoms with van der Waals surface area (Å²) in [5, 5.41) is 3.73. The van der Waals surface area contributed by atoms with Crippen molar-refractivity contribution in [3.05, 3.63) is 48.5 Å². The highest BCUT2D eigenvalue weighted by molar-refractivity contribution is 5.61. The Bertz CT molecular complexity index is 611. The van der Waals surface area contributed by atoms with E-state index in [2.05, 4.69) is 59.6 Å². The maximum absolute atomic E-state index is 4.91. The van der Waals surface area contributed by atoms with Gasteiger partial charge in [0.05, 0.1) is 5.69 Å². The van der Waals surface area contributed by atoms with Crippen LogP contribution in [0.3, 0.4) is 0 Å². The molecule has 0 bridgehead atoms. The molecule has 1 aliphatic heterocycles. The van der Waals surface area contributed by atoms with Gasteiger partial charge in [0, 0.05) is 24.7 Å². The van der Waals surface area contributed by atoms with E-state index in [1.54, 1.807) is 0 Å². The van der Waals surface area contributed by atoms with Gasteiger partial charge in [0.1, 0.15) is 5.82 Å². The molecule has 3 rings (SSSR count). The highest BCUT2D eigenvalue weighted by Crippen LogP contribution is 2.23. The number of anilines is 1. The molecule has 128 valence electrons. The number of hydrogen-bond donors (Lipinski definition) is 1. The van der Waals surface area contributed by atoms with Gasteiger partial charge in [-0.05, 0) is 37.9 Å². The molecule has 0 spiro atoms. The molecule has 2 heterocycles. The van der Waals surface area contributed by atoms with E-state index in [-0.39, 0.29) is 0 Å². The van der Waals surface area contributed by atoms with E-state index in [0.717, 1.165) is 31.1 Å². The average molecular weight is 323 g/mol. The van der Waals surface area contributed by atoms with Gasteiger partial charge in [-0.2, -0.15) is 0 Å². The minimum absolute atomic E-state index is 0.595. The number of benzene rings is 1. The quantitative estimate of drug-likeness (QED) is 0.761. The standard InChI is InChI=1S/C21H29N3/c1-2-3-7-15-22-19-12-9-16-24(17-19)21-14-8-13-20(23-21)18-10-5-4-6-11-18/h4-6,8,10-11,13-14,19,22H,2-3,7,9,12,15-17H2,1H3. The molecule has 3 nitrogen and oxygen atoms in total. The number of nitrogens with zero attached hydrogens (tertiary/aromatic N) is 2. The number of pyridine rings is 1. The lowest BCUT2D eigenvalue weighted by atomic mass is 10.1. The maximum atomic E-state index is 4.91. The van der Waals surface area contributed by atoms with Gasteiger partial charge in [0.2, 0.25) is 0 Å². The monoisotopic (exact) mass is 323 g/mol. The normalized spacial score (nSPS) is 17.9. The summed E-state index contributed by atoms with van der Waals surface area (Å²) in [7, 11) is 0. The molecule has 1 aromatic carbocycles. The van der Waals surface area contributed by atoms with E-state index in [4.69, 9.17) is 4.98 Å². The molecule has 1 aromatic heterocycles. The first-order valence-corrected chi connectivity index (χ1v) is 9.37. The summed E-state index contributed by atoms with van der Waals surface area (Å²) in [5.74, 6) is 1.11. The summed E-state index contributed by atoms with van der Waals surface area (Å²) in [4.78, 5) is 7.35. The number of nitrogens with one attached hydrogen (secondary N) is 1. The predicted octanol–water partition coefficient (Wildman–Crippen LogP) is 4.50. The van der Waals surface area contributed by atoms with Crippen LogP contribution in [-0.4, -0.2) is 30.7 Å². The first kappa shape index (κ1) is 17.0. The van der Waals surface area contributed by atoms with E-state index < -0.39 is 0 Å². The molecule has 1 N–H and O–H groups in total. The molecule has 24 heavy (non-hydrogen) atoms. The van der Waals surface area contributed by atoms with Gasteiger partial charge in [-0.15, -0.1) is 0 Å². The first-order chi connectivity index (χ1) is 11.9. The Morgan fingerprint density at radius 3 is 2.79 bits per heavy atom. The van der Waals surface area contributed by atoms with Crippen molar-refractivity contribution in [2.75, 3.05) is 24.5 Å². The third-order valence-corrected chi connectivity index (χ3v) is 4.76. The predicted molar refractivity (Wildman–Crippen MR) is 102 cm³/mol. The molecular weight excluding hydrogens is 294 g/mol. The summed E-state index contributed by atoms with van der Waals surface area (Å²) >= 11 is 0. The number of aromatic nitrogens is 1. The molecule has 1 saturated heterocycles. The SMILES string of the molecule is CCCCCNC1CCCN(c2cccc(-c3ccccc3)n2)C1. The van der Waals surface area contributed by atoms with Crippen LogP contribution in [-0.2, 0) is 0 Å². The summed E-state index contributed by atoms with van der Waals surface area (Å²) in [6.07, 6.45) is 6.41. The molecule has 2 aromatic rings. The van der Waals surface area contributed by atoms with Gasteiger partial charge in [0.15, 0.2) is 0 Å². The average Bonchev–Trinajstić information content (AvgIpc) is 2.66. The Balaban J connectivity index is 1.63. The third kappa shape index (κ3) is 4.57. The van der Waals surface area contributed by atoms with Gasteiger partial charge < -0.3 is 10.2 Å². The topological polar surface area (TPSA) is 28.2 Å². The Kier molecular flexibility index (Phi) is 6.25. The van der Waals surface area contributed by atoms with Crippen LogP contribution in [0.15, 0.2) is 48.5 Å². The third-order valence-electron chi connectivity index (χ3n) is 4.76. The molecule has 0 amide bonds. The van der Waals surface area contributed by atoms with Gasteiger partial charge in [-0.1, -0.05) is 56.2 Å². The van der Waals surface area contributed by atoms with Gasteiger partial charge in [-0.3, -0.25) is 0 Å². The number of rotatable bonds is 7. The van der Waals surface area contributed by atoms with Crippen molar-refractivity contribution >= 4 is 5.82 Å². The smallest absolute Gasteiger partial charge is 0.129 e. The Labute approximate surface area is 146 Å². The van der Waals surface area contributed by atoms with E-state index in [1.807, 2.05) is 6.07 Å². The first-order valence-electron chi connectivity index (χ1n) is 9.37. The molecule has 1 atom stereocenters. The van der Waals surface area contributed by atoms with E-state index in [1.165, 1.54) is 37.7 Å². The molecule has 0 saturated carbocycles. The Morgan fingerprint density at radius 1 is 1.08 bits per heavy atom. The van der Waals surface area contributed by atoms with Crippen molar-refractivity contribution < 1.29 is 0 Å². The number of hydrogen-bond acceptors (Lipinski definition) is 3. The van der Waals surface area contributed by atoms with Gasteiger partial charge in [0.25, 0.3) is 0 Å². The minimum atomic E-state index is 0.595. The van der Waals surface area contributed by atoms with E-state index >= 15 is 0 Å². The molecule has 1 aliphatic rings. The lowest BCUT2D eigenvalue weighted by Gasteiger charge is -2.34. The minimum Gasteiger partial charge on any atom is -0.355 e. The number of piperidine rings is 1. The second kappa shape index (κ2) is 8.84. The fourth-order valence-electron chi connectivity index (χ4n) is 3.40. The number of unbranched alkanes of at least 4 members (excludes halogenated alkanes) is 2. The van der Waals surface area contributed by atoms with Crippen molar-refractivity contribution in [1.29, 1.82) is 0 Å². The van der Waals surface area contributed by atoms with Crippen LogP contribution >= 0.6 is 0 Å². The van der Waals surface area contributed by atoms with Gasteiger partial charge in [-0.25, -0.2) is 4.98 Å². The molecule has 1 unspecified atom stereocenters. The van der Waals surface area contributed by atoms with E-state index in [0.29, 0.717) is 6.04 Å². The Hall–Kier alpha value is -1.87. The fraction of sp³-hybridized carbons (Fsp3) is 0.476.